The van der Waals surface area contributed by atoms with Crippen LogP contribution in [0.1, 0.15) is 80.5 Å². The average Bonchev–Trinajstić information content (AvgIpc) is 3.48. The van der Waals surface area contributed by atoms with Crippen LogP contribution in [0.5, 0.6) is 5.75 Å². The van der Waals surface area contributed by atoms with E-state index >= 15 is 0 Å². The SMILES string of the molecule is COc1ccc(C(C(=O)NC2CCCCC2)N(C(=O)CCC(=O)N2CCCC2)c2cc(C)ccc2C)cc1. The van der Waals surface area contributed by atoms with Crippen LogP contribution in [-0.4, -0.2) is 48.9 Å². The number of anilines is 1. The summed E-state index contributed by atoms with van der Waals surface area (Å²) in [6.07, 6.45) is 7.47. The number of amides is 3. The zero-order chi connectivity index (χ0) is 27.1. The monoisotopic (exact) mass is 519 g/mol. The predicted octanol–water partition coefficient (Wildman–Crippen LogP) is 5.24. The van der Waals surface area contributed by atoms with Crippen LogP contribution in [0.25, 0.3) is 0 Å². The predicted molar refractivity (Wildman–Crippen MR) is 149 cm³/mol. The van der Waals surface area contributed by atoms with E-state index in [-0.39, 0.29) is 36.6 Å². The number of hydrogen-bond acceptors (Lipinski definition) is 4. The molecule has 0 radical (unpaired) electrons. The van der Waals surface area contributed by atoms with E-state index in [1.54, 1.807) is 12.0 Å². The summed E-state index contributed by atoms with van der Waals surface area (Å²) in [4.78, 5) is 44.3. The van der Waals surface area contributed by atoms with Gasteiger partial charge in [-0.1, -0.05) is 43.5 Å². The summed E-state index contributed by atoms with van der Waals surface area (Å²) >= 11 is 0. The molecule has 1 atom stereocenters. The summed E-state index contributed by atoms with van der Waals surface area (Å²) in [6.45, 7) is 5.44. The summed E-state index contributed by atoms with van der Waals surface area (Å²) in [5.41, 5.74) is 3.30. The van der Waals surface area contributed by atoms with E-state index in [1.165, 1.54) is 6.42 Å². The molecule has 4 rings (SSSR count). The third-order valence-electron chi connectivity index (χ3n) is 7.79. The van der Waals surface area contributed by atoms with E-state index in [1.807, 2.05) is 61.2 Å². The number of aryl methyl sites for hydroxylation is 2. The Hall–Kier alpha value is -3.35. The molecular weight excluding hydrogens is 478 g/mol. The summed E-state index contributed by atoms with van der Waals surface area (Å²) < 4.78 is 5.35. The Balaban J connectivity index is 1.70. The van der Waals surface area contributed by atoms with Crippen molar-refractivity contribution < 1.29 is 19.1 Å². The van der Waals surface area contributed by atoms with Crippen LogP contribution in [0.4, 0.5) is 5.69 Å². The van der Waals surface area contributed by atoms with Crippen molar-refractivity contribution in [3.8, 4) is 5.75 Å². The quantitative estimate of drug-likeness (QED) is 0.492. The molecule has 38 heavy (non-hydrogen) atoms. The minimum atomic E-state index is -0.863. The number of carbonyl (C=O) groups is 3. The lowest BCUT2D eigenvalue weighted by Crippen LogP contribution is -2.47. The normalized spacial score (nSPS) is 16.7. The molecule has 1 unspecified atom stereocenters. The largest absolute Gasteiger partial charge is 0.497 e. The Morgan fingerprint density at radius 2 is 1.63 bits per heavy atom. The number of carbonyl (C=O) groups excluding carboxylic acids is 3. The summed E-state index contributed by atoms with van der Waals surface area (Å²) in [5, 5.41) is 3.26. The van der Waals surface area contributed by atoms with Crippen molar-refractivity contribution in [2.45, 2.75) is 83.7 Å². The second-order valence-electron chi connectivity index (χ2n) is 10.7. The number of hydrogen-bond donors (Lipinski definition) is 1. The topological polar surface area (TPSA) is 79.0 Å². The second kappa shape index (κ2) is 12.9. The first-order valence-corrected chi connectivity index (χ1v) is 14.0. The molecule has 1 saturated carbocycles. The first-order chi connectivity index (χ1) is 18.4. The first kappa shape index (κ1) is 27.7. The van der Waals surface area contributed by atoms with E-state index in [2.05, 4.69) is 5.32 Å². The fourth-order valence-corrected chi connectivity index (χ4v) is 5.59. The van der Waals surface area contributed by atoms with Gasteiger partial charge in [-0.25, -0.2) is 0 Å². The third-order valence-corrected chi connectivity index (χ3v) is 7.79. The molecule has 2 fully saturated rings. The molecule has 7 heteroatoms. The van der Waals surface area contributed by atoms with Gasteiger partial charge in [0.1, 0.15) is 11.8 Å². The molecule has 1 heterocycles. The molecule has 2 aromatic rings. The van der Waals surface area contributed by atoms with Crippen LogP contribution in [-0.2, 0) is 14.4 Å². The molecule has 0 bridgehead atoms. The maximum Gasteiger partial charge on any atom is 0.248 e. The molecule has 2 aliphatic rings. The molecule has 7 nitrogen and oxygen atoms in total. The third kappa shape index (κ3) is 6.74. The number of ether oxygens (including phenoxy) is 1. The van der Waals surface area contributed by atoms with Crippen LogP contribution in [0, 0.1) is 13.8 Å². The van der Waals surface area contributed by atoms with Gasteiger partial charge < -0.3 is 15.0 Å². The molecule has 0 aromatic heterocycles. The second-order valence-corrected chi connectivity index (χ2v) is 10.7. The highest BCUT2D eigenvalue weighted by atomic mass is 16.5. The number of nitrogens with one attached hydrogen (secondary N) is 1. The van der Waals surface area contributed by atoms with Gasteiger partial charge >= 0.3 is 0 Å². The van der Waals surface area contributed by atoms with Gasteiger partial charge in [0.05, 0.1) is 7.11 Å². The molecule has 0 spiro atoms. The Morgan fingerprint density at radius 3 is 2.29 bits per heavy atom. The molecule has 1 N–H and O–H groups in total. The molecular formula is C31H41N3O4. The van der Waals surface area contributed by atoms with Crippen molar-refractivity contribution in [2.24, 2.45) is 0 Å². The van der Waals surface area contributed by atoms with Gasteiger partial charge in [-0.05, 0) is 74.4 Å². The Kier molecular flexibility index (Phi) is 9.43. The maximum atomic E-state index is 14.0. The fraction of sp³-hybridized carbons (Fsp3) is 0.516. The number of likely N-dealkylation sites (tertiary alicyclic amines) is 1. The minimum Gasteiger partial charge on any atom is -0.497 e. The van der Waals surface area contributed by atoms with Gasteiger partial charge in [0.25, 0.3) is 0 Å². The Labute approximate surface area is 226 Å². The summed E-state index contributed by atoms with van der Waals surface area (Å²) in [6, 6.07) is 12.5. The average molecular weight is 520 g/mol. The Morgan fingerprint density at radius 1 is 0.947 bits per heavy atom. The van der Waals surface area contributed by atoms with E-state index in [0.29, 0.717) is 17.0 Å². The standard InChI is InChI=1S/C31H41N3O4/c1-22-11-12-23(2)27(21-22)34(29(36)18-17-28(35)33-19-7-8-20-33)30(24-13-15-26(38-3)16-14-24)31(37)32-25-9-5-4-6-10-25/h11-16,21,25,30H,4-10,17-20H2,1-3H3,(H,32,37). The first-order valence-electron chi connectivity index (χ1n) is 14.0. The number of benzene rings is 2. The lowest BCUT2D eigenvalue weighted by molar-refractivity contribution is -0.132. The smallest absolute Gasteiger partial charge is 0.248 e. The number of rotatable bonds is 9. The van der Waals surface area contributed by atoms with Crippen molar-refractivity contribution in [1.82, 2.24) is 10.2 Å². The van der Waals surface area contributed by atoms with Crippen molar-refractivity contribution in [3.05, 3.63) is 59.2 Å². The van der Waals surface area contributed by atoms with Crippen molar-refractivity contribution >= 4 is 23.4 Å². The van der Waals surface area contributed by atoms with E-state index < -0.39 is 6.04 Å². The van der Waals surface area contributed by atoms with E-state index in [0.717, 1.165) is 62.7 Å². The zero-order valence-corrected chi connectivity index (χ0v) is 23.0. The van der Waals surface area contributed by atoms with Crippen LogP contribution in [0.3, 0.4) is 0 Å². The maximum absolute atomic E-state index is 14.0. The summed E-state index contributed by atoms with van der Waals surface area (Å²) in [7, 11) is 1.60. The zero-order valence-electron chi connectivity index (χ0n) is 23.0. The molecule has 1 aliphatic carbocycles. The molecule has 1 aliphatic heterocycles. The summed E-state index contributed by atoms with van der Waals surface area (Å²) in [5.74, 6) is 0.262. The Bertz CT molecular complexity index is 1120. The highest BCUT2D eigenvalue weighted by Crippen LogP contribution is 2.33. The van der Waals surface area contributed by atoms with Crippen LogP contribution < -0.4 is 15.0 Å². The van der Waals surface area contributed by atoms with E-state index in [9.17, 15) is 14.4 Å². The lowest BCUT2D eigenvalue weighted by atomic mass is 9.94. The van der Waals surface area contributed by atoms with Gasteiger partial charge in [0.15, 0.2) is 0 Å². The fourth-order valence-electron chi connectivity index (χ4n) is 5.59. The minimum absolute atomic E-state index is 0.00409. The highest BCUT2D eigenvalue weighted by molar-refractivity contribution is 6.03. The molecule has 2 aromatic carbocycles. The highest BCUT2D eigenvalue weighted by Gasteiger charge is 2.35. The van der Waals surface area contributed by atoms with Gasteiger partial charge in [0, 0.05) is 37.7 Å². The molecule has 204 valence electrons. The van der Waals surface area contributed by atoms with Gasteiger partial charge in [-0.15, -0.1) is 0 Å². The van der Waals surface area contributed by atoms with Crippen molar-refractivity contribution in [2.75, 3.05) is 25.1 Å². The molecule has 3 amide bonds. The van der Waals surface area contributed by atoms with Crippen LogP contribution in [0.2, 0.25) is 0 Å². The number of methoxy groups -OCH3 is 1. The van der Waals surface area contributed by atoms with Gasteiger partial charge in [-0.2, -0.15) is 0 Å². The van der Waals surface area contributed by atoms with Gasteiger partial charge in [-0.3, -0.25) is 19.3 Å². The van der Waals surface area contributed by atoms with Gasteiger partial charge in [0.2, 0.25) is 17.7 Å². The van der Waals surface area contributed by atoms with Crippen LogP contribution >= 0.6 is 0 Å². The van der Waals surface area contributed by atoms with E-state index in [4.69, 9.17) is 4.74 Å². The number of nitrogens with zero attached hydrogens (tertiary/aromatic N) is 2. The van der Waals surface area contributed by atoms with Crippen LogP contribution in [0.15, 0.2) is 42.5 Å². The van der Waals surface area contributed by atoms with Crippen molar-refractivity contribution in [1.29, 1.82) is 0 Å². The molecule has 1 saturated heterocycles. The lowest BCUT2D eigenvalue weighted by Gasteiger charge is -2.34. The van der Waals surface area contributed by atoms with Crippen molar-refractivity contribution in [3.63, 3.8) is 0 Å².